The molecule has 3 rings (SSSR count). The van der Waals surface area contributed by atoms with E-state index in [1.165, 1.54) is 16.7 Å². The van der Waals surface area contributed by atoms with Crippen LogP contribution >= 0.6 is 0 Å². The minimum absolute atomic E-state index is 0.355. The molecular weight excluding hydrogens is 233 g/mol. The number of nitrogens with two attached hydrogens (primary N) is 1. The van der Waals surface area contributed by atoms with Crippen LogP contribution < -0.4 is 5.73 Å². The summed E-state index contributed by atoms with van der Waals surface area (Å²) in [6.45, 7) is 2.00. The van der Waals surface area contributed by atoms with Crippen molar-refractivity contribution in [1.29, 1.82) is 0 Å². The second-order valence-electron chi connectivity index (χ2n) is 4.04. The van der Waals surface area contributed by atoms with E-state index in [1.54, 1.807) is 6.07 Å². The van der Waals surface area contributed by atoms with Crippen LogP contribution in [0.2, 0.25) is 0 Å². The van der Waals surface area contributed by atoms with E-state index < -0.39 is 0 Å². The van der Waals surface area contributed by atoms with Gasteiger partial charge in [-0.25, -0.2) is 9.37 Å². The lowest BCUT2D eigenvalue weighted by Crippen LogP contribution is -1.94. The van der Waals surface area contributed by atoms with Crippen LogP contribution in [-0.4, -0.2) is 9.38 Å². The first-order chi connectivity index (χ1) is 8.69. The summed E-state index contributed by atoms with van der Waals surface area (Å²) in [4.78, 5) is 4.35. The number of halogens is 1. The third kappa shape index (κ3) is 1.55. The molecular formula is C13H12FN3O. The van der Waals surface area contributed by atoms with E-state index in [0.717, 1.165) is 12.2 Å². The molecule has 0 aliphatic carbocycles. The Hall–Kier alpha value is -2.30. The Balaban J connectivity index is 2.20. The molecule has 0 saturated heterocycles. The number of pyridine rings is 1. The van der Waals surface area contributed by atoms with Crippen LogP contribution in [0.1, 0.15) is 12.7 Å². The average Bonchev–Trinajstić information content (AvgIpc) is 2.95. The van der Waals surface area contributed by atoms with Crippen molar-refractivity contribution in [2.75, 3.05) is 5.73 Å². The molecule has 0 radical (unpaired) electrons. The number of hydrogen-bond acceptors (Lipinski definition) is 3. The summed E-state index contributed by atoms with van der Waals surface area (Å²) in [6, 6.07) is 6.65. The SMILES string of the molecule is CCc1ccc(-c2nc3ccc(F)cn3c2N)o1. The smallest absolute Gasteiger partial charge is 0.156 e. The van der Waals surface area contributed by atoms with Gasteiger partial charge in [0.2, 0.25) is 0 Å². The molecule has 0 aliphatic heterocycles. The topological polar surface area (TPSA) is 56.5 Å². The van der Waals surface area contributed by atoms with Crippen LogP contribution in [0.5, 0.6) is 0 Å². The number of imidazole rings is 1. The summed E-state index contributed by atoms with van der Waals surface area (Å²) in [5.74, 6) is 1.49. The molecule has 18 heavy (non-hydrogen) atoms. The second-order valence-corrected chi connectivity index (χ2v) is 4.04. The second kappa shape index (κ2) is 3.87. The summed E-state index contributed by atoms with van der Waals surface area (Å²) in [5.41, 5.74) is 7.10. The maximum atomic E-state index is 13.2. The highest BCUT2D eigenvalue weighted by molar-refractivity contribution is 5.71. The Morgan fingerprint density at radius 1 is 1.33 bits per heavy atom. The van der Waals surface area contributed by atoms with Gasteiger partial charge in [-0.3, -0.25) is 4.40 Å². The lowest BCUT2D eigenvalue weighted by atomic mass is 10.3. The van der Waals surface area contributed by atoms with Crippen molar-refractivity contribution in [1.82, 2.24) is 9.38 Å². The minimum atomic E-state index is -0.355. The monoisotopic (exact) mass is 245 g/mol. The van der Waals surface area contributed by atoms with E-state index >= 15 is 0 Å². The third-order valence-corrected chi connectivity index (χ3v) is 2.86. The van der Waals surface area contributed by atoms with Crippen molar-refractivity contribution < 1.29 is 8.81 Å². The lowest BCUT2D eigenvalue weighted by molar-refractivity contribution is 0.528. The van der Waals surface area contributed by atoms with Crippen molar-refractivity contribution in [3.05, 3.63) is 42.0 Å². The largest absolute Gasteiger partial charge is 0.459 e. The molecule has 0 aromatic carbocycles. The number of aryl methyl sites for hydroxylation is 1. The highest BCUT2D eigenvalue weighted by Gasteiger charge is 2.14. The Labute approximate surface area is 103 Å². The lowest BCUT2D eigenvalue weighted by Gasteiger charge is -1.96. The molecule has 0 aliphatic rings. The zero-order valence-corrected chi connectivity index (χ0v) is 9.85. The van der Waals surface area contributed by atoms with Crippen LogP contribution in [0.4, 0.5) is 10.2 Å². The van der Waals surface area contributed by atoms with Crippen LogP contribution in [0.15, 0.2) is 34.9 Å². The van der Waals surface area contributed by atoms with Crippen LogP contribution in [0, 0.1) is 5.82 Å². The van der Waals surface area contributed by atoms with Gasteiger partial charge in [0.1, 0.15) is 28.7 Å². The number of aromatic nitrogens is 2. The van der Waals surface area contributed by atoms with Crippen molar-refractivity contribution >= 4 is 11.5 Å². The summed E-state index contributed by atoms with van der Waals surface area (Å²) >= 11 is 0. The van der Waals surface area contributed by atoms with Crippen molar-refractivity contribution in [2.24, 2.45) is 0 Å². The van der Waals surface area contributed by atoms with Crippen molar-refractivity contribution in [3.8, 4) is 11.5 Å². The molecule has 3 aromatic heterocycles. The van der Waals surface area contributed by atoms with Crippen LogP contribution in [0.3, 0.4) is 0 Å². The fourth-order valence-electron chi connectivity index (χ4n) is 1.91. The number of nitrogen functional groups attached to an aromatic ring is 1. The number of furan rings is 1. The van der Waals surface area contributed by atoms with Gasteiger partial charge >= 0.3 is 0 Å². The number of fused-ring (bicyclic) bond motifs is 1. The summed E-state index contributed by atoms with van der Waals surface area (Å²) in [6.07, 6.45) is 2.12. The Morgan fingerprint density at radius 2 is 2.17 bits per heavy atom. The molecule has 0 fully saturated rings. The third-order valence-electron chi connectivity index (χ3n) is 2.86. The van der Waals surface area contributed by atoms with Gasteiger partial charge in [-0.05, 0) is 24.3 Å². The first-order valence-corrected chi connectivity index (χ1v) is 5.71. The number of hydrogen-bond donors (Lipinski definition) is 1. The number of anilines is 1. The molecule has 3 aromatic rings. The molecule has 4 nitrogen and oxygen atoms in total. The molecule has 0 saturated carbocycles. The molecule has 0 unspecified atom stereocenters. The number of rotatable bonds is 2. The fraction of sp³-hybridized carbons (Fsp3) is 0.154. The van der Waals surface area contributed by atoms with Gasteiger partial charge in [-0.2, -0.15) is 0 Å². The Bertz CT molecular complexity index is 714. The van der Waals surface area contributed by atoms with Gasteiger partial charge in [-0.1, -0.05) is 6.92 Å². The zero-order valence-electron chi connectivity index (χ0n) is 9.85. The summed E-state index contributed by atoms with van der Waals surface area (Å²) in [5, 5.41) is 0. The van der Waals surface area contributed by atoms with E-state index in [2.05, 4.69) is 4.98 Å². The zero-order chi connectivity index (χ0) is 12.7. The van der Waals surface area contributed by atoms with Gasteiger partial charge in [0, 0.05) is 12.6 Å². The number of nitrogens with zero attached hydrogens (tertiary/aromatic N) is 2. The first-order valence-electron chi connectivity index (χ1n) is 5.71. The van der Waals surface area contributed by atoms with E-state index in [9.17, 15) is 4.39 Å². The standard InChI is InChI=1S/C13H12FN3O/c1-2-9-4-5-10(18-9)12-13(15)17-7-8(14)3-6-11(17)16-12/h3-7H,2,15H2,1H3. The van der Waals surface area contributed by atoms with Crippen molar-refractivity contribution in [2.45, 2.75) is 13.3 Å². The average molecular weight is 245 g/mol. The molecule has 0 spiro atoms. The van der Waals surface area contributed by atoms with Gasteiger partial charge in [0.25, 0.3) is 0 Å². The molecule has 3 heterocycles. The molecule has 2 N–H and O–H groups in total. The summed E-state index contributed by atoms with van der Waals surface area (Å²) in [7, 11) is 0. The van der Waals surface area contributed by atoms with Gasteiger partial charge in [-0.15, -0.1) is 0 Å². The fourth-order valence-corrected chi connectivity index (χ4v) is 1.91. The van der Waals surface area contributed by atoms with Crippen LogP contribution in [0.25, 0.3) is 17.1 Å². The van der Waals surface area contributed by atoms with Crippen LogP contribution in [-0.2, 0) is 6.42 Å². The molecule has 92 valence electrons. The Kier molecular flexibility index (Phi) is 2.33. The summed E-state index contributed by atoms with van der Waals surface area (Å²) < 4.78 is 20.3. The predicted octanol–water partition coefficient (Wildman–Crippen LogP) is 2.88. The van der Waals surface area contributed by atoms with E-state index in [0.29, 0.717) is 22.9 Å². The van der Waals surface area contributed by atoms with Crippen molar-refractivity contribution in [3.63, 3.8) is 0 Å². The maximum Gasteiger partial charge on any atom is 0.156 e. The minimum Gasteiger partial charge on any atom is -0.459 e. The molecule has 0 atom stereocenters. The molecule has 0 amide bonds. The maximum absolute atomic E-state index is 13.2. The van der Waals surface area contributed by atoms with Gasteiger partial charge < -0.3 is 10.2 Å². The first kappa shape index (κ1) is 10.8. The molecule has 5 heteroatoms. The molecule has 0 bridgehead atoms. The predicted molar refractivity (Wildman–Crippen MR) is 66.6 cm³/mol. The normalized spacial score (nSPS) is 11.2. The highest BCUT2D eigenvalue weighted by atomic mass is 19.1. The quantitative estimate of drug-likeness (QED) is 0.755. The van der Waals surface area contributed by atoms with Gasteiger partial charge in [0.15, 0.2) is 5.76 Å². The highest BCUT2D eigenvalue weighted by Crippen LogP contribution is 2.28. The Morgan fingerprint density at radius 3 is 2.89 bits per heavy atom. The van der Waals surface area contributed by atoms with E-state index in [4.69, 9.17) is 10.2 Å². The van der Waals surface area contributed by atoms with Gasteiger partial charge in [0.05, 0.1) is 0 Å². The van der Waals surface area contributed by atoms with E-state index in [1.807, 2.05) is 19.1 Å². The van der Waals surface area contributed by atoms with E-state index in [-0.39, 0.29) is 5.82 Å².